The Bertz CT molecular complexity index is 868. The van der Waals surface area contributed by atoms with Gasteiger partial charge in [0.15, 0.2) is 0 Å². The third-order valence-corrected chi connectivity index (χ3v) is 5.32. The molecule has 0 radical (unpaired) electrons. The molecule has 2 aliphatic rings. The van der Waals surface area contributed by atoms with Gasteiger partial charge in [-0.15, -0.1) is 0 Å². The lowest BCUT2D eigenvalue weighted by molar-refractivity contribution is -0.137. The summed E-state index contributed by atoms with van der Waals surface area (Å²) in [5.41, 5.74) is 0.153. The smallest absolute Gasteiger partial charge is 0.356 e. The molecule has 3 heterocycles. The minimum absolute atomic E-state index is 0.00512. The summed E-state index contributed by atoms with van der Waals surface area (Å²) in [7, 11) is 0. The summed E-state index contributed by atoms with van der Waals surface area (Å²) < 4.78 is 41.1. The van der Waals surface area contributed by atoms with E-state index in [-0.39, 0.29) is 17.3 Å². The second-order valence-electron chi connectivity index (χ2n) is 7.36. The fourth-order valence-corrected chi connectivity index (χ4v) is 3.63. The lowest BCUT2D eigenvalue weighted by Gasteiger charge is -2.34. The van der Waals surface area contributed by atoms with Gasteiger partial charge in [0.2, 0.25) is 0 Å². The number of pyridine rings is 1. The number of rotatable bonds is 4. The Balaban J connectivity index is 1.43. The number of hydrogen-bond donors (Lipinski definition) is 0. The molecule has 0 N–H and O–H groups in total. The number of piperidine rings is 1. The van der Waals surface area contributed by atoms with Crippen molar-refractivity contribution in [2.24, 2.45) is 5.92 Å². The van der Waals surface area contributed by atoms with Crippen molar-refractivity contribution in [2.75, 3.05) is 18.0 Å². The molecule has 5 nitrogen and oxygen atoms in total. The third kappa shape index (κ3) is 3.99. The van der Waals surface area contributed by atoms with E-state index in [2.05, 4.69) is 10.1 Å². The van der Waals surface area contributed by atoms with Crippen LogP contribution in [-0.4, -0.2) is 27.9 Å². The normalized spacial score (nSPS) is 18.7. The van der Waals surface area contributed by atoms with E-state index in [4.69, 9.17) is 0 Å². The summed E-state index contributed by atoms with van der Waals surface area (Å²) in [6, 6.07) is 5.75. The zero-order valence-corrected chi connectivity index (χ0v) is 14.8. The topological polar surface area (TPSA) is 51.0 Å². The molecule has 0 atom stereocenters. The fourth-order valence-electron chi connectivity index (χ4n) is 3.63. The average molecular weight is 378 g/mol. The Morgan fingerprint density at radius 2 is 1.81 bits per heavy atom. The van der Waals surface area contributed by atoms with E-state index >= 15 is 0 Å². The standard InChI is InChI=1S/C19H21F3N4O/c20-19(21,22)15-2-1-9-23-18(15)25-10-7-13(8-11-25)12-26-17(27)6-5-16(24-26)14-3-4-14/h1-2,5-6,9,13-14H,3-4,7-8,10-12H2. The van der Waals surface area contributed by atoms with Gasteiger partial charge < -0.3 is 4.90 Å². The molecule has 1 aliphatic heterocycles. The van der Waals surface area contributed by atoms with Gasteiger partial charge in [-0.3, -0.25) is 4.79 Å². The molecule has 1 saturated heterocycles. The van der Waals surface area contributed by atoms with Crippen LogP contribution in [0.25, 0.3) is 0 Å². The van der Waals surface area contributed by atoms with Crippen LogP contribution >= 0.6 is 0 Å². The van der Waals surface area contributed by atoms with E-state index in [0.717, 1.165) is 24.6 Å². The molecule has 27 heavy (non-hydrogen) atoms. The molecule has 0 unspecified atom stereocenters. The maximum absolute atomic E-state index is 13.2. The zero-order chi connectivity index (χ0) is 19.0. The summed E-state index contributed by atoms with van der Waals surface area (Å²) >= 11 is 0. The van der Waals surface area contributed by atoms with Crippen LogP contribution in [0.4, 0.5) is 19.0 Å². The fraction of sp³-hybridized carbons (Fsp3) is 0.526. The van der Waals surface area contributed by atoms with Crippen molar-refractivity contribution < 1.29 is 13.2 Å². The van der Waals surface area contributed by atoms with Crippen LogP contribution in [0.3, 0.4) is 0 Å². The zero-order valence-electron chi connectivity index (χ0n) is 14.8. The van der Waals surface area contributed by atoms with Crippen LogP contribution < -0.4 is 10.5 Å². The molecule has 1 saturated carbocycles. The summed E-state index contributed by atoms with van der Waals surface area (Å²) in [6.07, 6.45) is 0.625. The number of halogens is 3. The van der Waals surface area contributed by atoms with Gasteiger partial charge in [0.1, 0.15) is 5.82 Å². The summed E-state index contributed by atoms with van der Waals surface area (Å²) in [6.45, 7) is 1.49. The van der Waals surface area contributed by atoms with Gasteiger partial charge in [-0.2, -0.15) is 18.3 Å². The molecule has 2 aromatic rings. The molecule has 0 bridgehead atoms. The summed E-state index contributed by atoms with van der Waals surface area (Å²) in [5, 5.41) is 4.48. The van der Waals surface area contributed by atoms with Crippen molar-refractivity contribution in [1.29, 1.82) is 0 Å². The molecule has 144 valence electrons. The number of hydrogen-bond acceptors (Lipinski definition) is 4. The highest BCUT2D eigenvalue weighted by atomic mass is 19.4. The molecule has 1 aliphatic carbocycles. The summed E-state index contributed by atoms with van der Waals surface area (Å²) in [5.74, 6) is 0.692. The number of aromatic nitrogens is 3. The highest BCUT2D eigenvalue weighted by Gasteiger charge is 2.36. The Hall–Kier alpha value is -2.38. The Morgan fingerprint density at radius 1 is 1.07 bits per heavy atom. The van der Waals surface area contributed by atoms with Gasteiger partial charge in [0.05, 0.1) is 11.3 Å². The lowest BCUT2D eigenvalue weighted by Crippen LogP contribution is -2.38. The molecule has 8 heteroatoms. The van der Waals surface area contributed by atoms with Crippen LogP contribution in [0.1, 0.15) is 42.9 Å². The second kappa shape index (κ2) is 6.98. The molecule has 0 spiro atoms. The summed E-state index contributed by atoms with van der Waals surface area (Å²) in [4.78, 5) is 17.7. The number of alkyl halides is 3. The molecular weight excluding hydrogens is 357 g/mol. The van der Waals surface area contributed by atoms with Gasteiger partial charge in [-0.25, -0.2) is 9.67 Å². The van der Waals surface area contributed by atoms with Gasteiger partial charge in [0.25, 0.3) is 5.56 Å². The van der Waals surface area contributed by atoms with Crippen molar-refractivity contribution in [2.45, 2.75) is 44.3 Å². The maximum atomic E-state index is 13.2. The molecule has 4 rings (SSSR count). The number of nitrogens with zero attached hydrogens (tertiary/aromatic N) is 4. The van der Waals surface area contributed by atoms with Crippen LogP contribution in [0.5, 0.6) is 0 Å². The monoisotopic (exact) mass is 378 g/mol. The van der Waals surface area contributed by atoms with E-state index in [1.54, 1.807) is 17.0 Å². The van der Waals surface area contributed by atoms with E-state index in [0.29, 0.717) is 38.4 Å². The predicted molar refractivity (Wildman–Crippen MR) is 94.6 cm³/mol. The van der Waals surface area contributed by atoms with Crippen molar-refractivity contribution in [3.63, 3.8) is 0 Å². The number of anilines is 1. The van der Waals surface area contributed by atoms with Crippen molar-refractivity contribution in [3.8, 4) is 0 Å². The maximum Gasteiger partial charge on any atom is 0.419 e. The SMILES string of the molecule is O=c1ccc(C2CC2)nn1CC1CCN(c2ncccc2C(F)(F)F)CC1. The molecular formula is C19H21F3N4O. The first-order valence-corrected chi connectivity index (χ1v) is 9.27. The van der Waals surface area contributed by atoms with E-state index < -0.39 is 11.7 Å². The molecule has 2 fully saturated rings. The quantitative estimate of drug-likeness (QED) is 0.818. The van der Waals surface area contributed by atoms with Crippen molar-refractivity contribution in [1.82, 2.24) is 14.8 Å². The second-order valence-corrected chi connectivity index (χ2v) is 7.36. The van der Waals surface area contributed by atoms with Gasteiger partial charge in [0, 0.05) is 37.8 Å². The van der Waals surface area contributed by atoms with E-state index in [1.807, 2.05) is 0 Å². The lowest BCUT2D eigenvalue weighted by atomic mass is 9.96. The van der Waals surface area contributed by atoms with Gasteiger partial charge >= 0.3 is 6.18 Å². The third-order valence-electron chi connectivity index (χ3n) is 5.32. The van der Waals surface area contributed by atoms with Crippen LogP contribution in [0, 0.1) is 5.92 Å². The first-order chi connectivity index (χ1) is 12.9. The van der Waals surface area contributed by atoms with Crippen molar-refractivity contribution in [3.05, 3.63) is 52.1 Å². The molecule has 0 amide bonds. The molecule has 0 aromatic carbocycles. The Morgan fingerprint density at radius 3 is 2.48 bits per heavy atom. The van der Waals surface area contributed by atoms with Crippen LogP contribution in [0.2, 0.25) is 0 Å². The predicted octanol–water partition coefficient (Wildman–Crippen LogP) is 3.45. The Labute approximate surface area is 154 Å². The van der Waals surface area contributed by atoms with E-state index in [9.17, 15) is 18.0 Å². The average Bonchev–Trinajstić information content (AvgIpc) is 3.49. The molecule has 2 aromatic heterocycles. The van der Waals surface area contributed by atoms with Gasteiger partial charge in [-0.05, 0) is 49.8 Å². The van der Waals surface area contributed by atoms with Crippen LogP contribution in [-0.2, 0) is 12.7 Å². The first kappa shape index (κ1) is 18.0. The minimum Gasteiger partial charge on any atom is -0.356 e. The van der Waals surface area contributed by atoms with E-state index in [1.165, 1.54) is 16.9 Å². The highest BCUT2D eigenvalue weighted by molar-refractivity contribution is 5.48. The van der Waals surface area contributed by atoms with Gasteiger partial charge in [-0.1, -0.05) is 0 Å². The van der Waals surface area contributed by atoms with Crippen LogP contribution in [0.15, 0.2) is 35.3 Å². The Kier molecular flexibility index (Phi) is 4.65. The first-order valence-electron chi connectivity index (χ1n) is 9.27. The van der Waals surface area contributed by atoms with Crippen molar-refractivity contribution >= 4 is 5.82 Å². The highest BCUT2D eigenvalue weighted by Crippen LogP contribution is 2.38. The largest absolute Gasteiger partial charge is 0.419 e. The minimum atomic E-state index is -4.42.